The van der Waals surface area contributed by atoms with Crippen LogP contribution in [0.1, 0.15) is 88.5 Å². The van der Waals surface area contributed by atoms with Crippen LogP contribution in [0.5, 0.6) is 0 Å². The molecule has 1 aliphatic heterocycles. The Morgan fingerprint density at radius 2 is 1.59 bits per heavy atom. The van der Waals surface area contributed by atoms with Gasteiger partial charge in [0.05, 0.1) is 0 Å². The van der Waals surface area contributed by atoms with Crippen molar-refractivity contribution in [2.75, 3.05) is 13.1 Å². The summed E-state index contributed by atoms with van der Waals surface area (Å²) in [5.41, 5.74) is 5.94. The Hall–Kier alpha value is -1.35. The molecular formula is C35H57FKN2-. The fourth-order valence-corrected chi connectivity index (χ4v) is 3.73. The van der Waals surface area contributed by atoms with Gasteiger partial charge in [-0.05, 0) is 67.7 Å². The summed E-state index contributed by atoms with van der Waals surface area (Å²) in [6, 6.07) is 0.373. The van der Waals surface area contributed by atoms with Crippen molar-refractivity contribution in [1.29, 1.82) is 0 Å². The number of halogens is 1. The van der Waals surface area contributed by atoms with E-state index in [1.807, 2.05) is 67.5 Å². The maximum atomic E-state index is 13.4. The number of rotatable bonds is 10. The van der Waals surface area contributed by atoms with Crippen molar-refractivity contribution in [1.82, 2.24) is 10.2 Å². The van der Waals surface area contributed by atoms with E-state index >= 15 is 0 Å². The van der Waals surface area contributed by atoms with Gasteiger partial charge < -0.3 is 17.6 Å². The number of terminal acetylenes is 1. The molecule has 0 spiro atoms. The van der Waals surface area contributed by atoms with Gasteiger partial charge in [-0.15, -0.1) is 17.7 Å². The molecule has 0 radical (unpaired) electrons. The molecule has 4 heteroatoms. The Balaban J connectivity index is -0.000000448. The van der Waals surface area contributed by atoms with E-state index in [0.717, 1.165) is 66.0 Å². The summed E-state index contributed by atoms with van der Waals surface area (Å²) in [6.45, 7) is 33.3. The van der Waals surface area contributed by atoms with E-state index in [-0.39, 0.29) is 58.8 Å². The quantitative estimate of drug-likeness (QED) is 0.130. The van der Waals surface area contributed by atoms with Gasteiger partial charge in [0, 0.05) is 24.8 Å². The van der Waals surface area contributed by atoms with Crippen molar-refractivity contribution in [3.05, 3.63) is 103 Å². The number of allylic oxidation sites excluding steroid dienone is 11. The van der Waals surface area contributed by atoms with Crippen molar-refractivity contribution < 1.29 is 55.8 Å². The number of hydrogen-bond donors (Lipinski definition) is 1. The molecule has 1 fully saturated rings. The molecule has 0 bridgehead atoms. The van der Waals surface area contributed by atoms with Gasteiger partial charge in [-0.25, -0.2) is 10.3 Å². The van der Waals surface area contributed by atoms with Crippen LogP contribution in [0.4, 0.5) is 4.39 Å². The van der Waals surface area contributed by atoms with E-state index < -0.39 is 5.83 Å². The Morgan fingerprint density at radius 1 is 1.08 bits per heavy atom. The number of nitrogens with one attached hydrogen (secondary N) is 1. The zero-order chi connectivity index (χ0) is 29.4. The number of nitrogens with zero attached hydrogens (tertiary/aromatic N) is 1. The number of piperidine rings is 1. The minimum atomic E-state index is -0.448. The van der Waals surface area contributed by atoms with Gasteiger partial charge in [0.1, 0.15) is 5.83 Å². The number of likely N-dealkylation sites (tertiary alicyclic amines) is 1. The molecule has 2 nitrogen and oxygen atoms in total. The van der Waals surface area contributed by atoms with Gasteiger partial charge in [0.25, 0.3) is 0 Å². The van der Waals surface area contributed by atoms with E-state index in [1.165, 1.54) is 6.08 Å². The largest absolute Gasteiger partial charge is 1.00 e. The minimum Gasteiger partial charge on any atom is -0.386 e. The first kappa shape index (κ1) is 47.4. The summed E-state index contributed by atoms with van der Waals surface area (Å²) in [5, 5.41) is 3.63. The normalized spacial score (nSPS) is 14.2. The average molecular weight is 564 g/mol. The Kier molecular flexibility index (Phi) is 37.9. The maximum absolute atomic E-state index is 13.4. The first-order chi connectivity index (χ1) is 17.8. The standard InChI is InChI=1S/C28H36FN2.3C2H6.CH3.K/c1-9-13-14-26(12-4)24(8)31-17-15-27(16-18-31)30-23(7)20-28(25(10-2)11-3)21(5)19-22(6)29;3*1-2;;/h1,10,12,14,19-20,27,30H,2,6,8,11,15-18H2,3-5,7H3;3*1-2H3;1H3;/q-1;;;;-1;+1/b21-19+,23-20+,26-12+,28-25-;;;;;. The van der Waals surface area contributed by atoms with Crippen LogP contribution in [0.3, 0.4) is 0 Å². The van der Waals surface area contributed by atoms with Crippen LogP contribution < -0.4 is 56.7 Å². The Bertz CT molecular complexity index is 871. The number of hydrogen-bond acceptors (Lipinski definition) is 2. The average Bonchev–Trinajstić information content (AvgIpc) is 2.92. The molecule has 1 saturated heterocycles. The van der Waals surface area contributed by atoms with E-state index in [0.29, 0.717) is 6.04 Å². The first-order valence-corrected chi connectivity index (χ1v) is 13.8. The molecule has 1 aliphatic rings. The molecule has 1 rings (SSSR count). The van der Waals surface area contributed by atoms with Crippen LogP contribution in [0.25, 0.3) is 0 Å². The van der Waals surface area contributed by atoms with Gasteiger partial charge in [0.15, 0.2) is 0 Å². The minimum absolute atomic E-state index is 0. The van der Waals surface area contributed by atoms with Crippen LogP contribution in [0, 0.1) is 25.8 Å². The summed E-state index contributed by atoms with van der Waals surface area (Å²) in [5.74, 6) is 1.96. The van der Waals surface area contributed by atoms with E-state index in [4.69, 9.17) is 6.42 Å². The third-order valence-electron chi connectivity index (χ3n) is 5.40. The van der Waals surface area contributed by atoms with Crippen LogP contribution >= 0.6 is 0 Å². The Morgan fingerprint density at radius 3 is 1.97 bits per heavy atom. The third kappa shape index (κ3) is 20.2. The van der Waals surface area contributed by atoms with E-state index in [9.17, 15) is 4.39 Å². The van der Waals surface area contributed by atoms with Crippen LogP contribution in [0.2, 0.25) is 0 Å². The SMILES string of the molecule is C#C[C-]=C/C(=C\C)C(=C)N1CCC(N/C(C)=C/C(C(/C)=C/C(=C)F)=C(\C=C)CC)CC1.CC.CC.CC.[CH3-].[K+]. The molecule has 0 aromatic rings. The van der Waals surface area contributed by atoms with Crippen LogP contribution in [0.15, 0.2) is 89.6 Å². The van der Waals surface area contributed by atoms with Crippen molar-refractivity contribution in [2.45, 2.75) is 94.5 Å². The van der Waals surface area contributed by atoms with Crippen LogP contribution in [-0.4, -0.2) is 24.0 Å². The van der Waals surface area contributed by atoms with Gasteiger partial charge in [-0.3, -0.25) is 6.42 Å². The smallest absolute Gasteiger partial charge is 0.386 e. The summed E-state index contributed by atoms with van der Waals surface area (Å²) >= 11 is 0. The first-order valence-electron chi connectivity index (χ1n) is 13.8. The Labute approximate surface area is 286 Å². The maximum Gasteiger partial charge on any atom is 1.00 e. The van der Waals surface area contributed by atoms with Gasteiger partial charge in [-0.1, -0.05) is 81.2 Å². The molecule has 0 aromatic heterocycles. The monoisotopic (exact) mass is 563 g/mol. The molecule has 0 unspecified atom stereocenters. The zero-order valence-electron chi connectivity index (χ0n) is 27.5. The molecule has 0 aliphatic carbocycles. The summed E-state index contributed by atoms with van der Waals surface area (Å²) in [7, 11) is 0. The van der Waals surface area contributed by atoms with Gasteiger partial charge >= 0.3 is 51.4 Å². The van der Waals surface area contributed by atoms with Gasteiger partial charge in [0.2, 0.25) is 0 Å². The summed E-state index contributed by atoms with van der Waals surface area (Å²) in [6.07, 6.45) is 20.1. The fraction of sp³-hybridized carbons (Fsp3) is 0.457. The molecule has 1 heterocycles. The fourth-order valence-electron chi connectivity index (χ4n) is 3.73. The molecular weight excluding hydrogens is 506 g/mol. The van der Waals surface area contributed by atoms with E-state index in [1.54, 1.807) is 6.08 Å². The second kappa shape index (κ2) is 31.2. The topological polar surface area (TPSA) is 15.3 Å². The summed E-state index contributed by atoms with van der Waals surface area (Å²) < 4.78 is 13.4. The van der Waals surface area contributed by atoms with Crippen molar-refractivity contribution in [3.8, 4) is 12.3 Å². The molecule has 0 aromatic carbocycles. The molecule has 0 amide bonds. The summed E-state index contributed by atoms with van der Waals surface area (Å²) in [4.78, 5) is 2.29. The van der Waals surface area contributed by atoms with Crippen LogP contribution in [-0.2, 0) is 0 Å². The molecule has 39 heavy (non-hydrogen) atoms. The predicted molar refractivity (Wildman–Crippen MR) is 173 cm³/mol. The predicted octanol–water partition coefficient (Wildman–Crippen LogP) is 7.25. The van der Waals surface area contributed by atoms with Crippen molar-refractivity contribution in [2.24, 2.45) is 0 Å². The molecule has 0 atom stereocenters. The second-order valence-electron chi connectivity index (χ2n) is 7.63. The van der Waals surface area contributed by atoms with E-state index in [2.05, 4.69) is 61.9 Å². The molecule has 1 N–H and O–H groups in total. The zero-order valence-corrected chi connectivity index (χ0v) is 30.6. The molecule has 216 valence electrons. The van der Waals surface area contributed by atoms with Gasteiger partial charge in [-0.2, -0.15) is 6.08 Å². The van der Waals surface area contributed by atoms with Crippen molar-refractivity contribution in [3.63, 3.8) is 0 Å². The molecule has 0 saturated carbocycles. The van der Waals surface area contributed by atoms with Crippen molar-refractivity contribution >= 4 is 0 Å². The second-order valence-corrected chi connectivity index (χ2v) is 7.63. The third-order valence-corrected chi connectivity index (χ3v) is 5.40.